The van der Waals surface area contributed by atoms with Gasteiger partial charge in [0.05, 0.1) is 22.8 Å². The van der Waals surface area contributed by atoms with Gasteiger partial charge < -0.3 is 9.47 Å². The smallest absolute Gasteiger partial charge is 0.161 e. The molecule has 0 saturated carbocycles. The van der Waals surface area contributed by atoms with Crippen LogP contribution in [0.3, 0.4) is 0 Å². The van der Waals surface area contributed by atoms with Crippen LogP contribution in [0, 0.1) is 0 Å². The third kappa shape index (κ3) is 9.80. The molecule has 0 saturated heterocycles. The molecule has 0 aliphatic carbocycles. The lowest BCUT2D eigenvalue weighted by Crippen LogP contribution is -2.24. The highest BCUT2D eigenvalue weighted by molar-refractivity contribution is 5.89. The standard InChI is InChI=1S/C84H60N4O2/c1-83(2)69-25-12-14-27-77(69)89-79-49-63(43-45-71(79)83)55-29-36-58(37-30-55)74-51-73(57-18-6-5-7-19-57)85-81(86-74)60-40-33-54(34-41-60)62-21-16-22-65(47-62)67-23-10-11-24-68(67)82-87-75(52-76(88-82)66-42-35-53-17-8-9-20-61(53)48-66)59-38-31-56(32-39-59)64-44-46-72-80(50-64)90-78-28-15-13-26-70(78)84(72,3)4/h5-52H,1-4H3. The lowest BCUT2D eigenvalue weighted by atomic mass is 9.75. The fourth-order valence-corrected chi connectivity index (χ4v) is 13.2. The van der Waals surface area contributed by atoms with Crippen molar-refractivity contribution in [3.63, 3.8) is 0 Å². The second kappa shape index (κ2) is 21.8. The van der Waals surface area contributed by atoms with Gasteiger partial charge in [-0.1, -0.05) is 270 Å². The van der Waals surface area contributed by atoms with Crippen molar-refractivity contribution in [3.05, 3.63) is 313 Å². The van der Waals surface area contributed by atoms with Crippen molar-refractivity contribution >= 4 is 10.8 Å². The first-order valence-corrected chi connectivity index (χ1v) is 30.7. The molecule has 2 aromatic heterocycles. The fourth-order valence-electron chi connectivity index (χ4n) is 13.2. The molecule has 0 bridgehead atoms. The molecule has 2 aliphatic rings. The minimum atomic E-state index is -0.181. The zero-order valence-electron chi connectivity index (χ0n) is 50.3. The van der Waals surface area contributed by atoms with Gasteiger partial charge in [-0.15, -0.1) is 0 Å². The first-order chi connectivity index (χ1) is 44.0. The number of aromatic nitrogens is 4. The van der Waals surface area contributed by atoms with E-state index >= 15 is 0 Å². The zero-order chi connectivity index (χ0) is 60.5. The van der Waals surface area contributed by atoms with Crippen LogP contribution in [0.25, 0.3) is 123 Å². The van der Waals surface area contributed by atoms with Crippen LogP contribution in [0.1, 0.15) is 49.9 Å². The van der Waals surface area contributed by atoms with Gasteiger partial charge in [-0.25, -0.2) is 19.9 Å². The molecule has 6 heteroatoms. The van der Waals surface area contributed by atoms with Gasteiger partial charge in [0.2, 0.25) is 0 Å². The van der Waals surface area contributed by atoms with Crippen molar-refractivity contribution < 1.29 is 9.47 Å². The van der Waals surface area contributed by atoms with Crippen molar-refractivity contribution in [2.75, 3.05) is 0 Å². The van der Waals surface area contributed by atoms with Crippen LogP contribution in [-0.4, -0.2) is 19.9 Å². The van der Waals surface area contributed by atoms with Gasteiger partial charge in [0.15, 0.2) is 11.6 Å². The SMILES string of the molecule is CC1(C)c2ccccc2Oc2cc(-c3ccc(-c4cc(-c5ccccc5)nc(-c5ccc(-c6cccc(-c7ccccc7-c7nc(-c8ccc(-c9ccc%10c(c9)Oc9ccccc9C%10(C)C)cc8)cc(-c8ccc9ccccc9c8)n7)c6)cc5)n4)cc3)ccc21. The Morgan fingerprint density at radius 3 is 1.17 bits per heavy atom. The molecule has 12 aromatic carbocycles. The Labute approximate surface area is 524 Å². The van der Waals surface area contributed by atoms with Crippen LogP contribution in [-0.2, 0) is 10.8 Å². The van der Waals surface area contributed by atoms with E-state index in [-0.39, 0.29) is 10.8 Å². The molecule has 0 radical (unpaired) electrons. The monoisotopic (exact) mass is 1160 g/mol. The molecule has 6 nitrogen and oxygen atoms in total. The Hall–Kier alpha value is -11.3. The van der Waals surface area contributed by atoms with Gasteiger partial charge in [-0.3, -0.25) is 0 Å². The normalized spacial score (nSPS) is 13.2. The van der Waals surface area contributed by atoms with E-state index in [1.54, 1.807) is 0 Å². The van der Waals surface area contributed by atoms with E-state index in [4.69, 9.17) is 29.4 Å². The molecule has 16 rings (SSSR count). The number of nitrogens with zero attached hydrogens (tertiary/aromatic N) is 4. The van der Waals surface area contributed by atoms with E-state index in [9.17, 15) is 0 Å². The summed E-state index contributed by atoms with van der Waals surface area (Å²) in [6.45, 7) is 9.07. The highest BCUT2D eigenvalue weighted by Crippen LogP contribution is 2.51. The Kier molecular flexibility index (Phi) is 13.1. The number of hydrogen-bond acceptors (Lipinski definition) is 6. The Bertz CT molecular complexity index is 5110. The summed E-state index contributed by atoms with van der Waals surface area (Å²) < 4.78 is 13.0. The van der Waals surface area contributed by atoms with Crippen LogP contribution in [0.2, 0.25) is 0 Å². The molecule has 0 atom stereocenters. The van der Waals surface area contributed by atoms with Crippen LogP contribution in [0.15, 0.2) is 291 Å². The summed E-state index contributed by atoms with van der Waals surface area (Å²) in [5.41, 5.74) is 22.3. The van der Waals surface area contributed by atoms with Gasteiger partial charge >= 0.3 is 0 Å². The average molecular weight is 1160 g/mol. The third-order valence-corrected chi connectivity index (χ3v) is 18.3. The molecule has 0 spiro atoms. The summed E-state index contributed by atoms with van der Waals surface area (Å²) in [5, 5.41) is 2.33. The Balaban J connectivity index is 0.706. The van der Waals surface area contributed by atoms with Crippen molar-refractivity contribution in [1.29, 1.82) is 0 Å². The van der Waals surface area contributed by atoms with E-state index in [1.807, 2.05) is 18.2 Å². The van der Waals surface area contributed by atoms with E-state index in [1.165, 1.54) is 27.6 Å². The molecule has 0 fully saturated rings. The summed E-state index contributed by atoms with van der Waals surface area (Å²) >= 11 is 0. The number of fused-ring (bicyclic) bond motifs is 5. The largest absolute Gasteiger partial charge is 0.457 e. The molecule has 0 N–H and O–H groups in total. The van der Waals surface area contributed by atoms with Crippen LogP contribution in [0.4, 0.5) is 0 Å². The summed E-state index contributed by atoms with van der Waals surface area (Å²) in [5.74, 6) is 4.90. The van der Waals surface area contributed by atoms with Crippen LogP contribution < -0.4 is 9.47 Å². The van der Waals surface area contributed by atoms with Crippen LogP contribution >= 0.6 is 0 Å². The van der Waals surface area contributed by atoms with Crippen LogP contribution in [0.5, 0.6) is 23.0 Å². The second-order valence-corrected chi connectivity index (χ2v) is 24.6. The van der Waals surface area contributed by atoms with E-state index in [2.05, 4.69) is 301 Å². The summed E-state index contributed by atoms with van der Waals surface area (Å²) in [7, 11) is 0. The maximum absolute atomic E-state index is 6.53. The topological polar surface area (TPSA) is 70.0 Å². The maximum Gasteiger partial charge on any atom is 0.161 e. The molecule has 0 amide bonds. The number of para-hydroxylation sites is 2. The van der Waals surface area contributed by atoms with Gasteiger partial charge in [-0.05, 0) is 104 Å². The summed E-state index contributed by atoms with van der Waals surface area (Å²) in [4.78, 5) is 21.2. The number of rotatable bonds is 10. The highest BCUT2D eigenvalue weighted by Gasteiger charge is 2.35. The van der Waals surface area contributed by atoms with Gasteiger partial charge in [0.25, 0.3) is 0 Å². The summed E-state index contributed by atoms with van der Waals surface area (Å²) in [6, 6.07) is 103. The average Bonchev–Trinajstić information content (AvgIpc) is 0.903. The molecular weight excluding hydrogens is 1100 g/mol. The molecule has 90 heavy (non-hydrogen) atoms. The quantitative estimate of drug-likeness (QED) is 0.136. The number of hydrogen-bond donors (Lipinski definition) is 0. The van der Waals surface area contributed by atoms with Crippen molar-refractivity contribution in [2.24, 2.45) is 0 Å². The van der Waals surface area contributed by atoms with Crippen molar-refractivity contribution in [3.8, 4) is 135 Å². The molecule has 2 aliphatic heterocycles. The third-order valence-electron chi connectivity index (χ3n) is 18.3. The predicted octanol–water partition coefficient (Wildman–Crippen LogP) is 22.0. The van der Waals surface area contributed by atoms with E-state index in [0.29, 0.717) is 11.6 Å². The molecular formula is C84H60N4O2. The minimum Gasteiger partial charge on any atom is -0.457 e. The number of benzene rings is 12. The van der Waals surface area contributed by atoms with Gasteiger partial charge in [0, 0.05) is 66.5 Å². The first-order valence-electron chi connectivity index (χ1n) is 30.7. The lowest BCUT2D eigenvalue weighted by Gasteiger charge is -2.34. The van der Waals surface area contributed by atoms with Gasteiger partial charge in [-0.2, -0.15) is 0 Å². The molecule has 428 valence electrons. The summed E-state index contributed by atoms with van der Waals surface area (Å²) in [6.07, 6.45) is 0. The second-order valence-electron chi connectivity index (χ2n) is 24.6. The lowest BCUT2D eigenvalue weighted by molar-refractivity contribution is 0.418. The Morgan fingerprint density at radius 2 is 0.600 bits per heavy atom. The fraction of sp³-hybridized carbons (Fsp3) is 0.0714. The number of ether oxygens (including phenoxy) is 2. The Morgan fingerprint density at radius 1 is 0.222 bits per heavy atom. The first kappa shape index (κ1) is 54.1. The molecule has 4 heterocycles. The van der Waals surface area contributed by atoms with E-state index in [0.717, 1.165) is 129 Å². The maximum atomic E-state index is 6.53. The molecule has 14 aromatic rings. The van der Waals surface area contributed by atoms with Gasteiger partial charge in [0.1, 0.15) is 23.0 Å². The minimum absolute atomic E-state index is 0.171. The molecule has 0 unspecified atom stereocenters. The zero-order valence-corrected chi connectivity index (χ0v) is 50.3. The van der Waals surface area contributed by atoms with E-state index < -0.39 is 0 Å². The van der Waals surface area contributed by atoms with Crippen molar-refractivity contribution in [1.82, 2.24) is 19.9 Å². The highest BCUT2D eigenvalue weighted by atomic mass is 16.5. The van der Waals surface area contributed by atoms with Crippen molar-refractivity contribution in [2.45, 2.75) is 38.5 Å². The predicted molar refractivity (Wildman–Crippen MR) is 367 cm³/mol.